The molecule has 1 aliphatic rings. The number of Topliss-reactive ketones (excluding diaryl/α,β-unsaturated/α-hetero) is 1. The van der Waals surface area contributed by atoms with E-state index in [2.05, 4.69) is 16.8 Å². The van der Waals surface area contributed by atoms with Crippen LogP contribution < -0.4 is 5.73 Å². The molecular weight excluding hydrogens is 250 g/mol. The molecule has 1 fully saturated rings. The van der Waals surface area contributed by atoms with Crippen LogP contribution in [0.15, 0.2) is 18.3 Å². The first-order valence-electron chi connectivity index (χ1n) is 7.35. The van der Waals surface area contributed by atoms with Crippen molar-refractivity contribution in [3.63, 3.8) is 0 Å². The van der Waals surface area contributed by atoms with Crippen LogP contribution in [-0.2, 0) is 11.2 Å². The average Bonchev–Trinajstić information content (AvgIpc) is 2.39. The van der Waals surface area contributed by atoms with Crippen molar-refractivity contribution in [1.29, 1.82) is 0 Å². The summed E-state index contributed by atoms with van der Waals surface area (Å²) in [6, 6.07) is 3.68. The number of aromatic nitrogens is 1. The van der Waals surface area contributed by atoms with E-state index in [0.717, 1.165) is 37.2 Å². The normalized spacial score (nSPS) is 26.7. The second kappa shape index (κ2) is 5.92. The molecule has 2 N–H and O–H groups in total. The molecule has 1 aromatic heterocycles. The minimum Gasteiger partial charge on any atom is -0.384 e. The van der Waals surface area contributed by atoms with Gasteiger partial charge in [-0.2, -0.15) is 0 Å². The highest BCUT2D eigenvalue weighted by atomic mass is 16.1. The molecule has 1 aromatic rings. The summed E-state index contributed by atoms with van der Waals surface area (Å²) in [4.78, 5) is 18.9. The molecule has 0 amide bonds. The lowest BCUT2D eigenvalue weighted by molar-refractivity contribution is -0.131. The van der Waals surface area contributed by atoms with Gasteiger partial charge in [0, 0.05) is 12.6 Å². The highest BCUT2D eigenvalue weighted by Gasteiger charge is 2.42. The van der Waals surface area contributed by atoms with Crippen molar-refractivity contribution in [3.05, 3.63) is 23.9 Å². The summed E-state index contributed by atoms with van der Waals surface area (Å²) in [5.74, 6) is 1.51. The molecule has 0 radical (unpaired) electrons. The van der Waals surface area contributed by atoms with E-state index < -0.39 is 0 Å². The number of carbonyl (C=O) groups is 1. The molecule has 1 saturated carbocycles. The van der Waals surface area contributed by atoms with E-state index in [1.165, 1.54) is 0 Å². The predicted molar refractivity (Wildman–Crippen MR) is 81.4 cm³/mol. The highest BCUT2D eigenvalue weighted by molar-refractivity contribution is 5.90. The molecule has 0 bridgehead atoms. The van der Waals surface area contributed by atoms with E-state index in [1.54, 1.807) is 12.3 Å². The number of hydrogen-bond acceptors (Lipinski definition) is 4. The molecule has 0 spiro atoms. The molecule has 0 saturated heterocycles. The van der Waals surface area contributed by atoms with Crippen molar-refractivity contribution in [2.24, 2.45) is 5.92 Å². The Morgan fingerprint density at radius 1 is 1.45 bits per heavy atom. The lowest BCUT2D eigenvalue weighted by atomic mass is 9.72. The number of pyridine rings is 1. The van der Waals surface area contributed by atoms with Crippen LogP contribution in [0, 0.1) is 5.92 Å². The fourth-order valence-corrected chi connectivity index (χ4v) is 3.17. The summed E-state index contributed by atoms with van der Waals surface area (Å²) in [6.45, 7) is 2.27. The number of anilines is 1. The lowest BCUT2D eigenvalue weighted by Crippen LogP contribution is -2.53. The molecule has 4 heteroatoms. The van der Waals surface area contributed by atoms with Crippen molar-refractivity contribution in [2.75, 3.05) is 19.8 Å². The van der Waals surface area contributed by atoms with Gasteiger partial charge in [0.1, 0.15) is 5.82 Å². The van der Waals surface area contributed by atoms with Crippen LogP contribution in [0.5, 0.6) is 0 Å². The maximum absolute atomic E-state index is 12.8. The van der Waals surface area contributed by atoms with Crippen LogP contribution in [-0.4, -0.2) is 35.3 Å². The molecule has 1 aliphatic carbocycles. The van der Waals surface area contributed by atoms with Gasteiger partial charge in [0.15, 0.2) is 5.78 Å². The summed E-state index contributed by atoms with van der Waals surface area (Å²) >= 11 is 0. The van der Waals surface area contributed by atoms with Crippen molar-refractivity contribution < 1.29 is 4.79 Å². The third-order valence-corrected chi connectivity index (χ3v) is 4.69. The van der Waals surface area contributed by atoms with E-state index in [0.29, 0.717) is 18.0 Å². The van der Waals surface area contributed by atoms with E-state index in [-0.39, 0.29) is 5.54 Å². The van der Waals surface area contributed by atoms with Gasteiger partial charge in [-0.15, -0.1) is 0 Å². The van der Waals surface area contributed by atoms with Crippen LogP contribution in [0.1, 0.15) is 38.2 Å². The molecule has 0 aliphatic heterocycles. The van der Waals surface area contributed by atoms with Gasteiger partial charge in [0.2, 0.25) is 0 Å². The van der Waals surface area contributed by atoms with Crippen LogP contribution >= 0.6 is 0 Å². The minimum atomic E-state index is -0.301. The molecule has 2 rings (SSSR count). The van der Waals surface area contributed by atoms with Crippen molar-refractivity contribution in [1.82, 2.24) is 9.88 Å². The quantitative estimate of drug-likeness (QED) is 0.916. The molecule has 110 valence electrons. The van der Waals surface area contributed by atoms with Gasteiger partial charge in [-0.25, -0.2) is 4.98 Å². The number of likely N-dealkylation sites (N-methyl/N-ethyl adjacent to an activating group) is 1. The maximum atomic E-state index is 12.8. The Hall–Kier alpha value is -1.42. The van der Waals surface area contributed by atoms with Gasteiger partial charge in [-0.3, -0.25) is 9.69 Å². The molecule has 0 unspecified atom stereocenters. The number of ketones is 1. The third-order valence-electron chi connectivity index (χ3n) is 4.69. The number of nitrogens with two attached hydrogens (primary N) is 1. The van der Waals surface area contributed by atoms with Gasteiger partial charge in [-0.05, 0) is 63.4 Å². The monoisotopic (exact) mass is 275 g/mol. The highest BCUT2D eigenvalue weighted by Crippen LogP contribution is 2.36. The van der Waals surface area contributed by atoms with Gasteiger partial charge in [-0.1, -0.05) is 6.92 Å². The van der Waals surface area contributed by atoms with E-state index >= 15 is 0 Å². The number of carbonyl (C=O) groups excluding carboxylic acids is 1. The molecule has 20 heavy (non-hydrogen) atoms. The van der Waals surface area contributed by atoms with Gasteiger partial charge in [0.25, 0.3) is 0 Å². The smallest absolute Gasteiger partial charge is 0.157 e. The van der Waals surface area contributed by atoms with Gasteiger partial charge < -0.3 is 5.73 Å². The summed E-state index contributed by atoms with van der Waals surface area (Å²) in [7, 11) is 4.05. The van der Waals surface area contributed by atoms with Crippen molar-refractivity contribution in [2.45, 2.75) is 44.6 Å². The zero-order valence-electron chi connectivity index (χ0n) is 12.7. The third kappa shape index (κ3) is 3.01. The zero-order valence-corrected chi connectivity index (χ0v) is 12.7. The minimum absolute atomic E-state index is 0.301. The summed E-state index contributed by atoms with van der Waals surface area (Å²) < 4.78 is 0. The maximum Gasteiger partial charge on any atom is 0.157 e. The summed E-state index contributed by atoms with van der Waals surface area (Å²) in [5.41, 5.74) is 6.35. The standard InChI is InChI=1S/C16H25N3O/c1-12-4-7-16(8-5-12,19(2)3)14(20)10-13-6-9-18-15(17)11-13/h6,9,11-12H,4-5,7-8,10H2,1-3H3,(H2,17,18). The second-order valence-electron chi connectivity index (χ2n) is 6.30. The van der Waals surface area contributed by atoms with Crippen molar-refractivity contribution >= 4 is 11.6 Å². The largest absolute Gasteiger partial charge is 0.384 e. The molecule has 1 heterocycles. The average molecular weight is 275 g/mol. The Labute approximate surface area is 121 Å². The Bertz CT molecular complexity index is 476. The molecule has 0 atom stereocenters. The molecule has 0 aromatic carbocycles. The Balaban J connectivity index is 2.16. The fourth-order valence-electron chi connectivity index (χ4n) is 3.17. The molecular formula is C16H25N3O. The Kier molecular flexibility index (Phi) is 4.43. The fraction of sp³-hybridized carbons (Fsp3) is 0.625. The first kappa shape index (κ1) is 15.0. The van der Waals surface area contributed by atoms with Gasteiger partial charge >= 0.3 is 0 Å². The first-order chi connectivity index (χ1) is 9.44. The topological polar surface area (TPSA) is 59.2 Å². The summed E-state index contributed by atoms with van der Waals surface area (Å²) in [6.07, 6.45) is 6.29. The van der Waals surface area contributed by atoms with Crippen LogP contribution in [0.3, 0.4) is 0 Å². The first-order valence-corrected chi connectivity index (χ1v) is 7.35. The predicted octanol–water partition coefficient (Wildman–Crippen LogP) is 2.29. The number of rotatable bonds is 4. The second-order valence-corrected chi connectivity index (χ2v) is 6.30. The van der Waals surface area contributed by atoms with E-state index in [1.807, 2.05) is 20.2 Å². The SMILES string of the molecule is CC1CCC(C(=O)Cc2ccnc(N)c2)(N(C)C)CC1. The Morgan fingerprint density at radius 3 is 2.65 bits per heavy atom. The number of nitrogen functional groups attached to an aromatic ring is 1. The van der Waals surface area contributed by atoms with Crippen molar-refractivity contribution in [3.8, 4) is 0 Å². The summed E-state index contributed by atoms with van der Waals surface area (Å²) in [5, 5.41) is 0. The van der Waals surface area contributed by atoms with E-state index in [9.17, 15) is 4.79 Å². The van der Waals surface area contributed by atoms with E-state index in [4.69, 9.17) is 5.73 Å². The zero-order chi connectivity index (χ0) is 14.8. The van der Waals surface area contributed by atoms with Crippen LogP contribution in [0.2, 0.25) is 0 Å². The number of hydrogen-bond donors (Lipinski definition) is 1. The molecule has 4 nitrogen and oxygen atoms in total. The number of nitrogens with zero attached hydrogens (tertiary/aromatic N) is 2. The van der Waals surface area contributed by atoms with Crippen LogP contribution in [0.25, 0.3) is 0 Å². The van der Waals surface area contributed by atoms with Crippen LogP contribution in [0.4, 0.5) is 5.82 Å². The Morgan fingerprint density at radius 2 is 2.10 bits per heavy atom. The lowest BCUT2D eigenvalue weighted by Gasteiger charge is -2.43. The van der Waals surface area contributed by atoms with Gasteiger partial charge in [0.05, 0.1) is 5.54 Å².